The van der Waals surface area contributed by atoms with Gasteiger partial charge in [0.15, 0.2) is 0 Å². The van der Waals surface area contributed by atoms with Crippen molar-refractivity contribution in [1.82, 2.24) is 4.98 Å². The van der Waals surface area contributed by atoms with E-state index >= 15 is 0 Å². The van der Waals surface area contributed by atoms with Crippen molar-refractivity contribution in [3.8, 4) is 10.6 Å². The fraction of sp³-hybridized carbons (Fsp3) is 0.176. The van der Waals surface area contributed by atoms with Gasteiger partial charge in [-0.1, -0.05) is 11.6 Å². The number of rotatable bonds is 2. The standard InChI is InChI=1S/C17H15NO2S/c1-9-6-11(3)15-12(7-9)13(17(19)20)8-14(18-15)16-10(2)4-5-21-16/h4-8H,1-3H3,(H,19,20). The summed E-state index contributed by atoms with van der Waals surface area (Å²) in [5, 5.41) is 12.2. The molecule has 1 N–H and O–H groups in total. The summed E-state index contributed by atoms with van der Waals surface area (Å²) >= 11 is 1.59. The van der Waals surface area contributed by atoms with Crippen molar-refractivity contribution in [2.75, 3.05) is 0 Å². The van der Waals surface area contributed by atoms with E-state index in [-0.39, 0.29) is 0 Å². The molecule has 0 aliphatic rings. The van der Waals surface area contributed by atoms with Gasteiger partial charge in [-0.2, -0.15) is 0 Å². The number of nitrogens with zero attached hydrogens (tertiary/aromatic N) is 1. The third-order valence-corrected chi connectivity index (χ3v) is 4.61. The Morgan fingerprint density at radius 3 is 2.52 bits per heavy atom. The maximum atomic E-state index is 11.6. The summed E-state index contributed by atoms with van der Waals surface area (Å²) in [6, 6.07) is 7.63. The Labute approximate surface area is 126 Å². The first-order chi connectivity index (χ1) is 9.97. The maximum Gasteiger partial charge on any atom is 0.336 e. The van der Waals surface area contributed by atoms with Crippen molar-refractivity contribution in [2.24, 2.45) is 0 Å². The van der Waals surface area contributed by atoms with E-state index in [1.54, 1.807) is 17.4 Å². The van der Waals surface area contributed by atoms with Crippen LogP contribution < -0.4 is 0 Å². The lowest BCUT2D eigenvalue weighted by molar-refractivity contribution is 0.0699. The summed E-state index contributed by atoms with van der Waals surface area (Å²) in [7, 11) is 0. The van der Waals surface area contributed by atoms with Crippen molar-refractivity contribution in [1.29, 1.82) is 0 Å². The summed E-state index contributed by atoms with van der Waals surface area (Å²) in [6.07, 6.45) is 0. The van der Waals surface area contributed by atoms with Gasteiger partial charge in [0.05, 0.1) is 21.7 Å². The second-order valence-electron chi connectivity index (χ2n) is 5.27. The molecule has 0 aliphatic heterocycles. The van der Waals surface area contributed by atoms with Crippen LogP contribution in [0.1, 0.15) is 27.0 Å². The average molecular weight is 297 g/mol. The molecule has 0 fully saturated rings. The molecule has 0 saturated heterocycles. The molecule has 0 spiro atoms. The van der Waals surface area contributed by atoms with Crippen LogP contribution in [0.4, 0.5) is 0 Å². The number of thiophene rings is 1. The zero-order valence-corrected chi connectivity index (χ0v) is 12.9. The van der Waals surface area contributed by atoms with Gasteiger partial charge in [0, 0.05) is 5.39 Å². The molecule has 4 heteroatoms. The molecule has 3 aromatic rings. The molecule has 2 aromatic heterocycles. The highest BCUT2D eigenvalue weighted by molar-refractivity contribution is 7.13. The van der Waals surface area contributed by atoms with Gasteiger partial charge in [-0.15, -0.1) is 11.3 Å². The van der Waals surface area contributed by atoms with Crippen LogP contribution in [0.3, 0.4) is 0 Å². The summed E-state index contributed by atoms with van der Waals surface area (Å²) in [5.74, 6) is -0.914. The summed E-state index contributed by atoms with van der Waals surface area (Å²) < 4.78 is 0. The first-order valence-electron chi connectivity index (χ1n) is 6.67. The number of aromatic carboxylic acids is 1. The lowest BCUT2D eigenvalue weighted by Crippen LogP contribution is -2.01. The quantitative estimate of drug-likeness (QED) is 0.752. The number of carbonyl (C=O) groups is 1. The smallest absolute Gasteiger partial charge is 0.336 e. The van der Waals surface area contributed by atoms with E-state index in [1.807, 2.05) is 44.4 Å². The fourth-order valence-electron chi connectivity index (χ4n) is 2.61. The first-order valence-corrected chi connectivity index (χ1v) is 7.55. The van der Waals surface area contributed by atoms with Crippen molar-refractivity contribution in [3.05, 3.63) is 51.9 Å². The molecule has 2 heterocycles. The Balaban J connectivity index is 2.40. The lowest BCUT2D eigenvalue weighted by Gasteiger charge is -2.10. The summed E-state index contributed by atoms with van der Waals surface area (Å²) in [4.78, 5) is 17.4. The Kier molecular flexibility index (Phi) is 3.26. The molecule has 21 heavy (non-hydrogen) atoms. The Morgan fingerprint density at radius 1 is 1.14 bits per heavy atom. The van der Waals surface area contributed by atoms with Gasteiger partial charge in [0.1, 0.15) is 0 Å². The predicted molar refractivity (Wildman–Crippen MR) is 86.2 cm³/mol. The lowest BCUT2D eigenvalue weighted by atomic mass is 10.0. The van der Waals surface area contributed by atoms with Gasteiger partial charge in [-0.3, -0.25) is 0 Å². The Bertz CT molecular complexity index is 865. The van der Waals surface area contributed by atoms with E-state index in [1.165, 1.54) is 0 Å². The number of hydrogen-bond acceptors (Lipinski definition) is 3. The average Bonchev–Trinajstić information content (AvgIpc) is 2.84. The summed E-state index contributed by atoms with van der Waals surface area (Å²) in [6.45, 7) is 5.95. The minimum atomic E-state index is -0.914. The van der Waals surface area contributed by atoms with Crippen LogP contribution in [-0.4, -0.2) is 16.1 Å². The highest BCUT2D eigenvalue weighted by atomic mass is 32.1. The number of fused-ring (bicyclic) bond motifs is 1. The number of aryl methyl sites for hydroxylation is 3. The Morgan fingerprint density at radius 2 is 1.90 bits per heavy atom. The zero-order valence-electron chi connectivity index (χ0n) is 12.1. The van der Waals surface area contributed by atoms with Crippen molar-refractivity contribution >= 4 is 28.2 Å². The van der Waals surface area contributed by atoms with E-state index in [0.29, 0.717) is 10.9 Å². The van der Waals surface area contributed by atoms with Gasteiger partial charge in [-0.25, -0.2) is 9.78 Å². The predicted octanol–water partition coefficient (Wildman–Crippen LogP) is 4.59. The van der Waals surface area contributed by atoms with E-state index in [0.717, 1.165) is 32.8 Å². The molecule has 0 atom stereocenters. The molecule has 106 valence electrons. The van der Waals surface area contributed by atoms with Crippen LogP contribution in [0, 0.1) is 20.8 Å². The first kappa shape index (κ1) is 13.8. The molecule has 0 amide bonds. The molecular formula is C17H15NO2S. The van der Waals surface area contributed by atoms with Crippen LogP contribution >= 0.6 is 11.3 Å². The molecular weight excluding hydrogens is 282 g/mol. The third kappa shape index (κ3) is 2.32. The normalized spacial score (nSPS) is 11.0. The number of benzene rings is 1. The van der Waals surface area contributed by atoms with E-state index in [2.05, 4.69) is 0 Å². The molecule has 3 nitrogen and oxygen atoms in total. The second kappa shape index (κ2) is 4.97. The minimum Gasteiger partial charge on any atom is -0.478 e. The fourth-order valence-corrected chi connectivity index (χ4v) is 3.50. The van der Waals surface area contributed by atoms with Crippen molar-refractivity contribution in [3.63, 3.8) is 0 Å². The molecule has 3 rings (SSSR count). The second-order valence-corrected chi connectivity index (χ2v) is 6.19. The maximum absolute atomic E-state index is 11.6. The van der Waals surface area contributed by atoms with E-state index in [4.69, 9.17) is 4.98 Å². The number of carboxylic acids is 1. The van der Waals surface area contributed by atoms with Gasteiger partial charge >= 0.3 is 5.97 Å². The Hall–Kier alpha value is -2.20. The van der Waals surface area contributed by atoms with Crippen LogP contribution in [-0.2, 0) is 0 Å². The van der Waals surface area contributed by atoms with Gasteiger partial charge in [-0.05, 0) is 55.5 Å². The highest BCUT2D eigenvalue weighted by Gasteiger charge is 2.16. The van der Waals surface area contributed by atoms with Gasteiger partial charge in [0.25, 0.3) is 0 Å². The monoisotopic (exact) mass is 297 g/mol. The van der Waals surface area contributed by atoms with Gasteiger partial charge < -0.3 is 5.11 Å². The molecule has 0 saturated carbocycles. The van der Waals surface area contributed by atoms with E-state index < -0.39 is 5.97 Å². The number of carboxylic acid groups (broad SMARTS) is 1. The van der Waals surface area contributed by atoms with Gasteiger partial charge in [0.2, 0.25) is 0 Å². The number of aromatic nitrogens is 1. The SMILES string of the molecule is Cc1cc(C)c2nc(-c3sccc3C)cc(C(=O)O)c2c1. The number of hydrogen-bond donors (Lipinski definition) is 1. The van der Waals surface area contributed by atoms with Crippen LogP contribution in [0.25, 0.3) is 21.5 Å². The number of pyridine rings is 1. The molecule has 0 aliphatic carbocycles. The minimum absolute atomic E-state index is 0.314. The van der Waals surface area contributed by atoms with Crippen molar-refractivity contribution < 1.29 is 9.90 Å². The summed E-state index contributed by atoms with van der Waals surface area (Å²) in [5.41, 5.74) is 4.98. The van der Waals surface area contributed by atoms with Crippen LogP contribution in [0.15, 0.2) is 29.6 Å². The van der Waals surface area contributed by atoms with Crippen LogP contribution in [0.2, 0.25) is 0 Å². The molecule has 0 bridgehead atoms. The third-order valence-electron chi connectivity index (χ3n) is 3.57. The molecule has 0 radical (unpaired) electrons. The van der Waals surface area contributed by atoms with Crippen LogP contribution in [0.5, 0.6) is 0 Å². The molecule has 1 aromatic carbocycles. The zero-order chi connectivity index (χ0) is 15.1. The largest absolute Gasteiger partial charge is 0.478 e. The van der Waals surface area contributed by atoms with Crippen molar-refractivity contribution in [2.45, 2.75) is 20.8 Å². The topological polar surface area (TPSA) is 50.2 Å². The molecule has 0 unspecified atom stereocenters. The highest BCUT2D eigenvalue weighted by Crippen LogP contribution is 2.32. The van der Waals surface area contributed by atoms with E-state index in [9.17, 15) is 9.90 Å².